The predicted octanol–water partition coefficient (Wildman–Crippen LogP) is 2.81. The number of aromatic nitrogens is 1. The van der Waals surface area contributed by atoms with Crippen LogP contribution in [0, 0.1) is 6.92 Å². The van der Waals surface area contributed by atoms with Crippen molar-refractivity contribution >= 4 is 5.91 Å². The highest BCUT2D eigenvalue weighted by atomic mass is 16.5. The van der Waals surface area contributed by atoms with Crippen LogP contribution in [0.5, 0.6) is 0 Å². The molecule has 1 aromatic heterocycles. The molecule has 5 heteroatoms. The number of aryl methyl sites for hydroxylation is 1. The molecule has 0 aliphatic heterocycles. The molecular weight excluding hydrogens is 268 g/mol. The molecule has 0 aliphatic rings. The van der Waals surface area contributed by atoms with E-state index in [0.717, 1.165) is 17.5 Å². The van der Waals surface area contributed by atoms with Crippen molar-refractivity contribution in [2.45, 2.75) is 20.3 Å². The molecule has 21 heavy (non-hydrogen) atoms. The van der Waals surface area contributed by atoms with Crippen LogP contribution in [-0.2, 0) is 4.74 Å². The minimum Gasteiger partial charge on any atom is -0.443 e. The van der Waals surface area contributed by atoms with Gasteiger partial charge in [0.1, 0.15) is 0 Å². The molecule has 0 saturated heterocycles. The van der Waals surface area contributed by atoms with Crippen LogP contribution in [0.2, 0.25) is 0 Å². The van der Waals surface area contributed by atoms with Crippen LogP contribution in [-0.4, -0.2) is 30.6 Å². The summed E-state index contributed by atoms with van der Waals surface area (Å²) in [5.41, 5.74) is 2.31. The second-order valence-corrected chi connectivity index (χ2v) is 4.70. The maximum Gasteiger partial charge on any atom is 0.273 e. The van der Waals surface area contributed by atoms with Gasteiger partial charge in [-0.3, -0.25) is 4.79 Å². The standard InChI is InChI=1S/C16H20N2O3/c1-3-20-10-4-9-17-16(19)14-15(21-11-18-14)13-7-5-12(2)6-8-13/h5-8,11H,3-4,9-10H2,1-2H3,(H,17,19). The normalized spacial score (nSPS) is 10.6. The summed E-state index contributed by atoms with van der Waals surface area (Å²) in [4.78, 5) is 16.1. The lowest BCUT2D eigenvalue weighted by Crippen LogP contribution is -2.26. The second-order valence-electron chi connectivity index (χ2n) is 4.70. The summed E-state index contributed by atoms with van der Waals surface area (Å²) in [6.45, 7) is 5.84. The van der Waals surface area contributed by atoms with E-state index >= 15 is 0 Å². The van der Waals surface area contributed by atoms with Crippen molar-refractivity contribution in [2.24, 2.45) is 0 Å². The van der Waals surface area contributed by atoms with E-state index in [-0.39, 0.29) is 5.91 Å². The first-order valence-electron chi connectivity index (χ1n) is 7.09. The van der Waals surface area contributed by atoms with E-state index in [2.05, 4.69) is 10.3 Å². The fourth-order valence-corrected chi connectivity index (χ4v) is 1.92. The number of hydrogen-bond acceptors (Lipinski definition) is 4. The third-order valence-electron chi connectivity index (χ3n) is 3.05. The minimum atomic E-state index is -0.226. The van der Waals surface area contributed by atoms with Gasteiger partial charge >= 0.3 is 0 Å². The zero-order valence-corrected chi connectivity index (χ0v) is 12.4. The second kappa shape index (κ2) is 7.59. The molecule has 0 atom stereocenters. The van der Waals surface area contributed by atoms with Gasteiger partial charge in [-0.2, -0.15) is 0 Å². The van der Waals surface area contributed by atoms with Crippen LogP contribution >= 0.6 is 0 Å². The Labute approximate surface area is 124 Å². The smallest absolute Gasteiger partial charge is 0.273 e. The summed E-state index contributed by atoms with van der Waals surface area (Å²) < 4.78 is 10.6. The van der Waals surface area contributed by atoms with Gasteiger partial charge in [-0.05, 0) is 20.3 Å². The first-order chi connectivity index (χ1) is 10.2. The molecule has 0 aliphatic carbocycles. The van der Waals surface area contributed by atoms with Gasteiger partial charge in [0.15, 0.2) is 17.8 Å². The maximum atomic E-state index is 12.1. The van der Waals surface area contributed by atoms with Crippen molar-refractivity contribution in [1.29, 1.82) is 0 Å². The monoisotopic (exact) mass is 288 g/mol. The summed E-state index contributed by atoms with van der Waals surface area (Å²) in [5.74, 6) is 0.271. The van der Waals surface area contributed by atoms with Crippen LogP contribution < -0.4 is 5.32 Å². The van der Waals surface area contributed by atoms with Crippen LogP contribution in [0.1, 0.15) is 29.4 Å². The van der Waals surface area contributed by atoms with Gasteiger partial charge in [0.2, 0.25) is 0 Å². The van der Waals surface area contributed by atoms with E-state index < -0.39 is 0 Å². The Morgan fingerprint density at radius 2 is 2.10 bits per heavy atom. The average molecular weight is 288 g/mol. The predicted molar refractivity (Wildman–Crippen MR) is 80.1 cm³/mol. The zero-order chi connectivity index (χ0) is 15.1. The summed E-state index contributed by atoms with van der Waals surface area (Å²) >= 11 is 0. The Kier molecular flexibility index (Phi) is 5.51. The molecule has 5 nitrogen and oxygen atoms in total. The lowest BCUT2D eigenvalue weighted by Gasteiger charge is -2.05. The van der Waals surface area contributed by atoms with Crippen molar-refractivity contribution < 1.29 is 13.9 Å². The van der Waals surface area contributed by atoms with Crippen LogP contribution in [0.25, 0.3) is 11.3 Å². The summed E-state index contributed by atoms with van der Waals surface area (Å²) in [5, 5.41) is 2.82. The Bertz CT molecular complexity index is 575. The van der Waals surface area contributed by atoms with Crippen molar-refractivity contribution in [3.05, 3.63) is 41.9 Å². The largest absolute Gasteiger partial charge is 0.443 e. The van der Waals surface area contributed by atoms with Gasteiger partial charge in [0.05, 0.1) is 0 Å². The van der Waals surface area contributed by atoms with E-state index in [4.69, 9.17) is 9.15 Å². The van der Waals surface area contributed by atoms with Crippen molar-refractivity contribution in [3.8, 4) is 11.3 Å². The molecule has 0 spiro atoms. The van der Waals surface area contributed by atoms with Gasteiger partial charge in [-0.1, -0.05) is 29.8 Å². The van der Waals surface area contributed by atoms with Crippen molar-refractivity contribution in [2.75, 3.05) is 19.8 Å². The van der Waals surface area contributed by atoms with Crippen LogP contribution in [0.15, 0.2) is 35.1 Å². The highest BCUT2D eigenvalue weighted by molar-refractivity contribution is 5.97. The van der Waals surface area contributed by atoms with Crippen LogP contribution in [0.3, 0.4) is 0 Å². The van der Waals surface area contributed by atoms with E-state index in [1.807, 2.05) is 38.1 Å². The highest BCUT2D eigenvalue weighted by Gasteiger charge is 2.17. The van der Waals surface area contributed by atoms with E-state index in [0.29, 0.717) is 31.2 Å². The zero-order valence-electron chi connectivity index (χ0n) is 12.4. The maximum absolute atomic E-state index is 12.1. The lowest BCUT2D eigenvalue weighted by atomic mass is 10.1. The molecule has 1 aromatic carbocycles. The number of carbonyl (C=O) groups is 1. The number of oxazole rings is 1. The summed E-state index contributed by atoms with van der Waals surface area (Å²) in [6.07, 6.45) is 2.07. The summed E-state index contributed by atoms with van der Waals surface area (Å²) in [7, 11) is 0. The Morgan fingerprint density at radius 1 is 1.33 bits per heavy atom. The molecule has 2 rings (SSSR count). The van der Waals surface area contributed by atoms with Gasteiger partial charge < -0.3 is 14.5 Å². The molecule has 2 aromatic rings. The molecule has 0 radical (unpaired) electrons. The van der Waals surface area contributed by atoms with E-state index in [9.17, 15) is 4.79 Å². The number of nitrogens with zero attached hydrogens (tertiary/aromatic N) is 1. The SMILES string of the molecule is CCOCCCNC(=O)c1ncoc1-c1ccc(C)cc1. The quantitative estimate of drug-likeness (QED) is 0.796. The molecule has 1 N–H and O–H groups in total. The molecule has 1 heterocycles. The van der Waals surface area contributed by atoms with Crippen LogP contribution in [0.4, 0.5) is 0 Å². The van der Waals surface area contributed by atoms with E-state index in [1.165, 1.54) is 6.39 Å². The minimum absolute atomic E-state index is 0.226. The Morgan fingerprint density at radius 3 is 2.81 bits per heavy atom. The molecular formula is C16H20N2O3. The number of nitrogens with one attached hydrogen (secondary N) is 1. The molecule has 0 fully saturated rings. The fourth-order valence-electron chi connectivity index (χ4n) is 1.92. The number of amides is 1. The number of hydrogen-bond donors (Lipinski definition) is 1. The average Bonchev–Trinajstić information content (AvgIpc) is 2.97. The topological polar surface area (TPSA) is 64.4 Å². The Balaban J connectivity index is 1.99. The number of benzene rings is 1. The third kappa shape index (κ3) is 4.16. The molecule has 0 unspecified atom stereocenters. The lowest BCUT2D eigenvalue weighted by molar-refractivity contribution is 0.0940. The van der Waals surface area contributed by atoms with Crippen molar-refractivity contribution in [3.63, 3.8) is 0 Å². The third-order valence-corrected chi connectivity index (χ3v) is 3.05. The van der Waals surface area contributed by atoms with Gasteiger partial charge in [-0.15, -0.1) is 0 Å². The molecule has 1 amide bonds. The number of ether oxygens (including phenoxy) is 1. The van der Waals surface area contributed by atoms with Crippen molar-refractivity contribution in [1.82, 2.24) is 10.3 Å². The van der Waals surface area contributed by atoms with E-state index in [1.54, 1.807) is 0 Å². The first kappa shape index (κ1) is 15.3. The summed E-state index contributed by atoms with van der Waals surface area (Å²) in [6, 6.07) is 7.78. The number of carbonyl (C=O) groups excluding carboxylic acids is 1. The highest BCUT2D eigenvalue weighted by Crippen LogP contribution is 2.23. The number of rotatable bonds is 7. The fraction of sp³-hybridized carbons (Fsp3) is 0.375. The first-order valence-corrected chi connectivity index (χ1v) is 7.09. The molecule has 0 bridgehead atoms. The van der Waals surface area contributed by atoms with Gasteiger partial charge in [0.25, 0.3) is 5.91 Å². The van der Waals surface area contributed by atoms with Gasteiger partial charge in [0, 0.05) is 25.3 Å². The Hall–Kier alpha value is -2.14. The molecule has 112 valence electrons. The molecule has 0 saturated carbocycles. The van der Waals surface area contributed by atoms with Gasteiger partial charge in [-0.25, -0.2) is 4.98 Å².